The van der Waals surface area contributed by atoms with Gasteiger partial charge in [0, 0.05) is 21.9 Å². The minimum atomic E-state index is -1.18. The van der Waals surface area contributed by atoms with E-state index in [0.717, 1.165) is 5.56 Å². The fraction of sp³-hybridized carbons (Fsp3) is 0.350. The number of pyridine rings is 1. The normalized spacial score (nSPS) is 12.5. The van der Waals surface area contributed by atoms with E-state index in [1.165, 1.54) is 18.0 Å². The number of hydrogen-bond donors (Lipinski definition) is 5. The van der Waals surface area contributed by atoms with Crippen molar-refractivity contribution in [3.05, 3.63) is 76.6 Å². The van der Waals surface area contributed by atoms with Crippen LogP contribution in [0.5, 0.6) is 5.75 Å². The van der Waals surface area contributed by atoms with Crippen LogP contribution in [-0.2, 0) is 34.4 Å². The summed E-state index contributed by atoms with van der Waals surface area (Å²) >= 11 is 7.19. The summed E-state index contributed by atoms with van der Waals surface area (Å²) in [6, 6.07) is 15.5. The minimum absolute atomic E-state index is 0.00334. The lowest BCUT2D eigenvalue weighted by Crippen LogP contribution is -2.50. The van der Waals surface area contributed by atoms with Gasteiger partial charge in [-0.1, -0.05) is 63.2 Å². The standard InChI is InChI=1S/C40H44ClN9O8S/c1-21(2)34(48-31(51)15-44)39(53)57-19-28(58-40(54)35(22(3)4)49-32(52)16-45)18-55-27-11-7-23(8-12-27)33-29(13-42)36(46)50-38(30(33)14-43)59-20-26-17-56-37(47-26)24-5-9-25(41)10-6-24/h5-12,17,21-22,28,34-35H,15-16,18-20,44-45H2,1-4H3,(H2,46,50)(H,48,51)(H,49,52)/t28-,34-,35-/m0/s1. The number of rotatable bonds is 19. The molecule has 0 unspecified atom stereocenters. The van der Waals surface area contributed by atoms with Crippen LogP contribution in [0, 0.1) is 34.5 Å². The average Bonchev–Trinajstić information content (AvgIpc) is 3.70. The second kappa shape index (κ2) is 21.5. The number of nitriles is 2. The molecule has 0 saturated heterocycles. The van der Waals surface area contributed by atoms with Crippen LogP contribution < -0.4 is 32.6 Å². The second-order valence-electron chi connectivity index (χ2n) is 13.6. The number of nitrogen functional groups attached to an aromatic ring is 1. The van der Waals surface area contributed by atoms with E-state index in [4.69, 9.17) is 47.4 Å². The van der Waals surface area contributed by atoms with Gasteiger partial charge in [-0.2, -0.15) is 10.5 Å². The number of carbonyl (C=O) groups is 4. The van der Waals surface area contributed by atoms with Crippen LogP contribution >= 0.6 is 23.4 Å². The van der Waals surface area contributed by atoms with E-state index in [1.54, 1.807) is 76.2 Å². The first-order valence-corrected chi connectivity index (χ1v) is 19.6. The Morgan fingerprint density at radius 2 is 1.41 bits per heavy atom. The molecule has 0 aliphatic heterocycles. The summed E-state index contributed by atoms with van der Waals surface area (Å²) in [4.78, 5) is 59.2. The molecule has 0 fully saturated rings. The summed E-state index contributed by atoms with van der Waals surface area (Å²) in [5.41, 5.74) is 19.2. The molecule has 17 nitrogen and oxygen atoms in total. The smallest absolute Gasteiger partial charge is 0.329 e. The molecule has 59 heavy (non-hydrogen) atoms. The number of oxazole rings is 1. The lowest BCUT2D eigenvalue weighted by atomic mass is 9.97. The minimum Gasteiger partial charge on any atom is -0.490 e. The van der Waals surface area contributed by atoms with Crippen molar-refractivity contribution in [1.29, 1.82) is 10.5 Å². The molecule has 0 radical (unpaired) electrons. The number of esters is 2. The fourth-order valence-electron chi connectivity index (χ4n) is 5.42. The highest BCUT2D eigenvalue weighted by Gasteiger charge is 2.31. The van der Waals surface area contributed by atoms with Crippen LogP contribution in [0.3, 0.4) is 0 Å². The molecular formula is C40H44ClN9O8S. The predicted octanol–water partition coefficient (Wildman–Crippen LogP) is 3.71. The number of halogens is 1. The summed E-state index contributed by atoms with van der Waals surface area (Å²) in [7, 11) is 0. The van der Waals surface area contributed by atoms with E-state index < -0.39 is 48.5 Å². The molecule has 0 bridgehead atoms. The van der Waals surface area contributed by atoms with Crippen LogP contribution in [0.2, 0.25) is 5.02 Å². The maximum Gasteiger partial charge on any atom is 0.329 e. The third-order valence-corrected chi connectivity index (χ3v) is 9.79. The molecule has 2 aromatic heterocycles. The van der Waals surface area contributed by atoms with Crippen molar-refractivity contribution in [2.45, 2.75) is 56.7 Å². The molecule has 2 aromatic carbocycles. The average molecular weight is 846 g/mol. The molecule has 310 valence electrons. The zero-order valence-corrected chi connectivity index (χ0v) is 34.3. The Balaban J connectivity index is 1.54. The first-order chi connectivity index (χ1) is 28.2. The van der Waals surface area contributed by atoms with Gasteiger partial charge in [0.2, 0.25) is 17.7 Å². The van der Waals surface area contributed by atoms with Crippen molar-refractivity contribution >= 4 is 52.9 Å². The van der Waals surface area contributed by atoms with Gasteiger partial charge in [0.25, 0.3) is 0 Å². The van der Waals surface area contributed by atoms with Gasteiger partial charge in [-0.3, -0.25) is 9.59 Å². The van der Waals surface area contributed by atoms with E-state index in [2.05, 4.69) is 32.7 Å². The Morgan fingerprint density at radius 3 is 1.97 bits per heavy atom. The molecule has 3 atom stereocenters. The largest absolute Gasteiger partial charge is 0.490 e. The highest BCUT2D eigenvalue weighted by molar-refractivity contribution is 7.98. The van der Waals surface area contributed by atoms with Crippen molar-refractivity contribution in [2.24, 2.45) is 23.3 Å². The maximum absolute atomic E-state index is 13.3. The summed E-state index contributed by atoms with van der Waals surface area (Å²) in [6.07, 6.45) is 0.320. The summed E-state index contributed by atoms with van der Waals surface area (Å²) in [6.45, 7) is 5.34. The fourth-order valence-corrected chi connectivity index (χ4v) is 6.42. The van der Waals surface area contributed by atoms with Crippen molar-refractivity contribution in [2.75, 3.05) is 32.0 Å². The van der Waals surface area contributed by atoms with Gasteiger partial charge in [0.15, 0.2) is 6.10 Å². The Morgan fingerprint density at radius 1 is 0.831 bits per heavy atom. The van der Waals surface area contributed by atoms with Crippen molar-refractivity contribution in [1.82, 2.24) is 20.6 Å². The number of anilines is 1. The van der Waals surface area contributed by atoms with Crippen molar-refractivity contribution in [3.63, 3.8) is 0 Å². The van der Waals surface area contributed by atoms with Crippen LogP contribution in [-0.4, -0.2) is 78.2 Å². The molecule has 8 N–H and O–H groups in total. The van der Waals surface area contributed by atoms with E-state index >= 15 is 0 Å². The second-order valence-corrected chi connectivity index (χ2v) is 15.0. The number of thioether (sulfide) groups is 1. The summed E-state index contributed by atoms with van der Waals surface area (Å²) in [5.74, 6) is -2.62. The molecule has 0 aliphatic rings. The number of aromatic nitrogens is 2. The first-order valence-electron chi connectivity index (χ1n) is 18.2. The molecule has 0 aliphatic carbocycles. The van der Waals surface area contributed by atoms with Crippen LogP contribution in [0.15, 0.2) is 64.2 Å². The number of hydrogen-bond acceptors (Lipinski definition) is 16. The number of carbonyl (C=O) groups excluding carboxylic acids is 4. The number of nitrogens with zero attached hydrogens (tertiary/aromatic N) is 4. The van der Waals surface area contributed by atoms with Gasteiger partial charge < -0.3 is 46.5 Å². The van der Waals surface area contributed by atoms with Gasteiger partial charge in [0.1, 0.15) is 65.9 Å². The van der Waals surface area contributed by atoms with E-state index in [-0.39, 0.29) is 70.6 Å². The van der Waals surface area contributed by atoms with E-state index in [0.29, 0.717) is 22.2 Å². The summed E-state index contributed by atoms with van der Waals surface area (Å²) in [5, 5.41) is 26.2. The van der Waals surface area contributed by atoms with Crippen molar-refractivity contribution in [3.8, 4) is 40.5 Å². The topological polar surface area (TPSA) is 285 Å². The maximum atomic E-state index is 13.3. The molecule has 2 amide bonds. The Bertz CT molecular complexity index is 2200. The lowest BCUT2D eigenvalue weighted by Gasteiger charge is -2.26. The molecule has 4 rings (SSSR count). The Labute approximate surface area is 349 Å². The van der Waals surface area contributed by atoms with Crippen LogP contribution in [0.25, 0.3) is 22.6 Å². The monoisotopic (exact) mass is 845 g/mol. The highest BCUT2D eigenvalue weighted by atomic mass is 35.5. The zero-order valence-electron chi connectivity index (χ0n) is 32.7. The highest BCUT2D eigenvalue weighted by Crippen LogP contribution is 2.37. The number of benzene rings is 2. The quantitative estimate of drug-likeness (QED) is 0.0664. The first kappa shape index (κ1) is 45.5. The molecule has 0 spiro atoms. The predicted molar refractivity (Wildman–Crippen MR) is 218 cm³/mol. The van der Waals surface area contributed by atoms with Crippen LogP contribution in [0.1, 0.15) is 44.5 Å². The summed E-state index contributed by atoms with van der Waals surface area (Å²) < 4.78 is 22.7. The van der Waals surface area contributed by atoms with E-state index in [1.807, 2.05) is 0 Å². The van der Waals surface area contributed by atoms with Crippen molar-refractivity contribution < 1.29 is 37.8 Å². The number of amides is 2. The number of nitrogens with one attached hydrogen (secondary N) is 2. The molecule has 19 heteroatoms. The third kappa shape index (κ3) is 12.4. The number of ether oxygens (including phenoxy) is 3. The third-order valence-electron chi connectivity index (χ3n) is 8.53. The molecular weight excluding hydrogens is 802 g/mol. The van der Waals surface area contributed by atoms with Gasteiger partial charge in [-0.15, -0.1) is 0 Å². The molecule has 4 aromatic rings. The SMILES string of the molecule is CC(C)[C@H](NC(=O)CN)C(=O)OC[C@H](COc1ccc(-c2c(C#N)c(N)nc(SCc3coc(-c4ccc(Cl)cc4)n3)c2C#N)cc1)OC(=O)[C@@H](NC(=O)CN)C(C)C. The molecule has 2 heterocycles. The Kier molecular flexibility index (Phi) is 16.6. The molecule has 0 saturated carbocycles. The van der Waals surface area contributed by atoms with Gasteiger partial charge >= 0.3 is 11.9 Å². The van der Waals surface area contributed by atoms with E-state index in [9.17, 15) is 29.7 Å². The van der Waals surface area contributed by atoms with Gasteiger partial charge in [-0.25, -0.2) is 19.6 Å². The van der Waals surface area contributed by atoms with Crippen LogP contribution in [0.4, 0.5) is 5.82 Å². The Hall–Kier alpha value is -6.18. The van der Waals surface area contributed by atoms with Gasteiger partial charge in [-0.05, 0) is 53.8 Å². The van der Waals surface area contributed by atoms with Gasteiger partial charge in [0.05, 0.1) is 24.3 Å². The zero-order chi connectivity index (χ0) is 43.2. The lowest BCUT2D eigenvalue weighted by molar-refractivity contribution is -0.165. The number of nitrogens with two attached hydrogens (primary N) is 3.